The molecule has 1 aliphatic carbocycles. The molecule has 0 saturated heterocycles. The lowest BCUT2D eigenvalue weighted by Crippen LogP contribution is -2.49. The maximum Gasteiger partial charge on any atom is 0.0587 e. The first-order valence-electron chi connectivity index (χ1n) is 7.16. The molecular weight excluding hydrogens is 302 g/mol. The van der Waals surface area contributed by atoms with Crippen LogP contribution in [0, 0.1) is 5.92 Å². The van der Waals surface area contributed by atoms with Crippen LogP contribution in [0.4, 0.5) is 0 Å². The molecule has 1 aromatic rings. The number of ether oxygens (including phenoxy) is 1. The molecule has 1 aliphatic rings. The van der Waals surface area contributed by atoms with E-state index in [4.69, 9.17) is 4.74 Å². The Labute approximate surface area is 125 Å². The van der Waals surface area contributed by atoms with Crippen LogP contribution < -0.4 is 5.32 Å². The molecule has 2 rings (SSSR count). The molecule has 1 saturated carbocycles. The summed E-state index contributed by atoms with van der Waals surface area (Å²) in [6.07, 6.45) is 3.89. The molecule has 0 heterocycles. The third-order valence-corrected chi connectivity index (χ3v) is 5.02. The second-order valence-corrected chi connectivity index (χ2v) is 6.47. The standard InChI is InChI=1S/C16H24BrNO/c1-3-13-10-16(11-13,12-18-8-9-19-2)14-6-4-5-7-15(14)17/h4-7,13,18H,3,8-12H2,1-2H3. The van der Waals surface area contributed by atoms with Gasteiger partial charge in [-0.2, -0.15) is 0 Å². The highest BCUT2D eigenvalue weighted by atomic mass is 79.9. The monoisotopic (exact) mass is 325 g/mol. The van der Waals surface area contributed by atoms with E-state index in [-0.39, 0.29) is 0 Å². The van der Waals surface area contributed by atoms with Crippen molar-refractivity contribution in [2.75, 3.05) is 26.8 Å². The van der Waals surface area contributed by atoms with E-state index in [0.29, 0.717) is 5.41 Å². The normalized spacial score (nSPS) is 26.2. The van der Waals surface area contributed by atoms with Gasteiger partial charge in [-0.1, -0.05) is 47.5 Å². The van der Waals surface area contributed by atoms with Crippen LogP contribution in [-0.2, 0) is 10.2 Å². The van der Waals surface area contributed by atoms with Crippen LogP contribution in [0.5, 0.6) is 0 Å². The molecule has 0 amide bonds. The van der Waals surface area contributed by atoms with E-state index in [2.05, 4.69) is 52.4 Å². The molecule has 0 aliphatic heterocycles. The Morgan fingerprint density at radius 1 is 1.37 bits per heavy atom. The number of hydrogen-bond donors (Lipinski definition) is 1. The number of benzene rings is 1. The Morgan fingerprint density at radius 2 is 2.11 bits per heavy atom. The van der Waals surface area contributed by atoms with Crippen LogP contribution in [0.25, 0.3) is 0 Å². The van der Waals surface area contributed by atoms with Gasteiger partial charge in [-0.05, 0) is 30.4 Å². The van der Waals surface area contributed by atoms with Crippen LogP contribution >= 0.6 is 15.9 Å². The molecule has 106 valence electrons. The summed E-state index contributed by atoms with van der Waals surface area (Å²) in [5.74, 6) is 0.885. The minimum atomic E-state index is 0.314. The van der Waals surface area contributed by atoms with Crippen LogP contribution in [-0.4, -0.2) is 26.8 Å². The minimum absolute atomic E-state index is 0.314. The maximum atomic E-state index is 5.11. The van der Waals surface area contributed by atoms with Crippen molar-refractivity contribution >= 4 is 15.9 Å². The van der Waals surface area contributed by atoms with Gasteiger partial charge in [-0.3, -0.25) is 0 Å². The molecule has 0 radical (unpaired) electrons. The van der Waals surface area contributed by atoms with Gasteiger partial charge in [0, 0.05) is 30.1 Å². The van der Waals surface area contributed by atoms with Gasteiger partial charge >= 0.3 is 0 Å². The molecule has 0 atom stereocenters. The molecule has 2 nitrogen and oxygen atoms in total. The van der Waals surface area contributed by atoms with Crippen molar-refractivity contribution in [2.24, 2.45) is 5.92 Å². The molecular formula is C16H24BrNO. The zero-order valence-electron chi connectivity index (χ0n) is 11.9. The Hall–Kier alpha value is -0.380. The largest absolute Gasteiger partial charge is 0.383 e. The zero-order valence-corrected chi connectivity index (χ0v) is 13.5. The fraction of sp³-hybridized carbons (Fsp3) is 0.625. The maximum absolute atomic E-state index is 5.11. The molecule has 0 spiro atoms. The first-order chi connectivity index (χ1) is 9.22. The first-order valence-corrected chi connectivity index (χ1v) is 7.96. The predicted octanol–water partition coefficient (Wildman–Crippen LogP) is 3.74. The summed E-state index contributed by atoms with van der Waals surface area (Å²) < 4.78 is 6.36. The lowest BCUT2D eigenvalue weighted by atomic mass is 9.58. The SMILES string of the molecule is CCC1CC(CNCCOC)(c2ccccc2Br)C1. The quantitative estimate of drug-likeness (QED) is 0.771. The lowest BCUT2D eigenvalue weighted by Gasteiger charge is -2.49. The summed E-state index contributed by atoms with van der Waals surface area (Å²) >= 11 is 3.72. The average Bonchev–Trinajstić information content (AvgIpc) is 2.38. The van der Waals surface area contributed by atoms with Crippen LogP contribution in [0.3, 0.4) is 0 Å². The van der Waals surface area contributed by atoms with Crippen molar-refractivity contribution < 1.29 is 4.74 Å². The van der Waals surface area contributed by atoms with E-state index >= 15 is 0 Å². The van der Waals surface area contributed by atoms with Crippen LogP contribution in [0.2, 0.25) is 0 Å². The van der Waals surface area contributed by atoms with E-state index in [1.165, 1.54) is 29.3 Å². The minimum Gasteiger partial charge on any atom is -0.383 e. The third kappa shape index (κ3) is 3.39. The number of hydrogen-bond acceptors (Lipinski definition) is 2. The summed E-state index contributed by atoms with van der Waals surface area (Å²) in [5.41, 5.74) is 1.78. The summed E-state index contributed by atoms with van der Waals surface area (Å²) in [6.45, 7) is 5.06. The van der Waals surface area contributed by atoms with Crippen molar-refractivity contribution in [3.8, 4) is 0 Å². The van der Waals surface area contributed by atoms with Gasteiger partial charge < -0.3 is 10.1 Å². The van der Waals surface area contributed by atoms with Gasteiger partial charge in [0.05, 0.1) is 6.61 Å². The van der Waals surface area contributed by atoms with Gasteiger partial charge in [0.2, 0.25) is 0 Å². The fourth-order valence-electron chi connectivity index (χ4n) is 3.19. The molecule has 19 heavy (non-hydrogen) atoms. The highest BCUT2D eigenvalue weighted by Gasteiger charge is 2.44. The number of methoxy groups -OCH3 is 1. The van der Waals surface area contributed by atoms with Crippen molar-refractivity contribution in [1.82, 2.24) is 5.32 Å². The summed E-state index contributed by atoms with van der Waals surface area (Å²) in [4.78, 5) is 0. The summed E-state index contributed by atoms with van der Waals surface area (Å²) in [7, 11) is 1.75. The molecule has 0 aromatic heterocycles. The highest BCUT2D eigenvalue weighted by Crippen LogP contribution is 2.50. The van der Waals surface area contributed by atoms with Crippen molar-refractivity contribution in [2.45, 2.75) is 31.6 Å². The van der Waals surface area contributed by atoms with E-state index in [9.17, 15) is 0 Å². The summed E-state index contributed by atoms with van der Waals surface area (Å²) in [6, 6.07) is 8.67. The predicted molar refractivity (Wildman–Crippen MR) is 83.6 cm³/mol. The molecule has 1 aromatic carbocycles. The van der Waals surface area contributed by atoms with Gasteiger partial charge in [0.1, 0.15) is 0 Å². The fourth-order valence-corrected chi connectivity index (χ4v) is 3.89. The molecule has 1 N–H and O–H groups in total. The lowest BCUT2D eigenvalue weighted by molar-refractivity contribution is 0.127. The topological polar surface area (TPSA) is 21.3 Å². The molecule has 3 heteroatoms. The zero-order chi connectivity index (χ0) is 13.7. The second-order valence-electron chi connectivity index (χ2n) is 5.61. The summed E-state index contributed by atoms with van der Waals surface area (Å²) in [5, 5.41) is 3.55. The molecule has 1 fully saturated rings. The third-order valence-electron chi connectivity index (χ3n) is 4.33. The van der Waals surface area contributed by atoms with Crippen molar-refractivity contribution in [3.05, 3.63) is 34.3 Å². The Kier molecular flexibility index (Phi) is 5.43. The highest BCUT2D eigenvalue weighted by molar-refractivity contribution is 9.10. The number of halogens is 1. The molecule has 0 unspecified atom stereocenters. The van der Waals surface area contributed by atoms with E-state index < -0.39 is 0 Å². The Balaban J connectivity index is 2.06. The average molecular weight is 326 g/mol. The smallest absolute Gasteiger partial charge is 0.0587 e. The second kappa shape index (κ2) is 6.87. The van der Waals surface area contributed by atoms with Crippen LogP contribution in [0.15, 0.2) is 28.7 Å². The van der Waals surface area contributed by atoms with Gasteiger partial charge in [0.15, 0.2) is 0 Å². The van der Waals surface area contributed by atoms with Crippen molar-refractivity contribution in [3.63, 3.8) is 0 Å². The van der Waals surface area contributed by atoms with Gasteiger partial charge in [-0.15, -0.1) is 0 Å². The Bertz CT molecular complexity index is 401. The van der Waals surface area contributed by atoms with Crippen LogP contribution in [0.1, 0.15) is 31.7 Å². The molecule has 0 bridgehead atoms. The first kappa shape index (κ1) is 15.0. The number of rotatable bonds is 7. The van der Waals surface area contributed by atoms with Crippen molar-refractivity contribution in [1.29, 1.82) is 0 Å². The van der Waals surface area contributed by atoms with Gasteiger partial charge in [-0.25, -0.2) is 0 Å². The van der Waals surface area contributed by atoms with E-state index in [1.807, 2.05) is 0 Å². The number of nitrogens with one attached hydrogen (secondary N) is 1. The Morgan fingerprint density at radius 3 is 2.74 bits per heavy atom. The van der Waals surface area contributed by atoms with E-state index in [1.54, 1.807) is 7.11 Å². The van der Waals surface area contributed by atoms with E-state index in [0.717, 1.165) is 25.6 Å². The van der Waals surface area contributed by atoms with Gasteiger partial charge in [0.25, 0.3) is 0 Å².